The Morgan fingerprint density at radius 2 is 1.88 bits per heavy atom. The van der Waals surface area contributed by atoms with Gasteiger partial charge in [0.15, 0.2) is 11.6 Å². The number of nitriles is 1. The molecule has 1 N–H and O–H groups in total. The Morgan fingerprint density at radius 3 is 2.54 bits per heavy atom. The molecule has 0 radical (unpaired) electrons. The Kier molecular flexibility index (Phi) is 4.47. The van der Waals surface area contributed by atoms with Crippen molar-refractivity contribution in [1.29, 1.82) is 5.26 Å². The lowest BCUT2D eigenvalue weighted by Gasteiger charge is -2.10. The molecule has 0 fully saturated rings. The molecule has 3 rings (SSSR count). The molecule has 3 aromatic rings. The molecular weight excluding hydrogens is 312 g/mol. The van der Waals surface area contributed by atoms with E-state index in [9.17, 15) is 8.78 Å². The van der Waals surface area contributed by atoms with E-state index in [1.54, 1.807) is 17.1 Å². The lowest BCUT2D eigenvalue weighted by molar-refractivity contribution is 0.587. The highest BCUT2D eigenvalue weighted by Crippen LogP contribution is 2.21. The maximum Gasteiger partial charge on any atom is 0.150 e. The normalized spacial score (nSPS) is 10.4. The number of nitrogens with one attached hydrogen (secondary N) is 1. The zero-order chi connectivity index (χ0) is 16.9. The molecule has 0 unspecified atom stereocenters. The first-order chi connectivity index (χ1) is 11.7. The summed E-state index contributed by atoms with van der Waals surface area (Å²) in [7, 11) is 0. The highest BCUT2D eigenvalue weighted by molar-refractivity contribution is 5.50. The second kappa shape index (κ2) is 6.87. The van der Waals surface area contributed by atoms with Crippen LogP contribution in [0, 0.1) is 23.0 Å². The average molecular weight is 325 g/mol. The number of hydrogen-bond donors (Lipinski definition) is 1. The largest absolute Gasteiger partial charge is 0.376 e. The molecule has 0 atom stereocenters. The smallest absolute Gasteiger partial charge is 0.150 e. The fourth-order valence-corrected chi connectivity index (χ4v) is 2.34. The van der Waals surface area contributed by atoms with Gasteiger partial charge in [-0.15, -0.1) is 0 Å². The first kappa shape index (κ1) is 15.6. The zero-order valence-corrected chi connectivity index (χ0v) is 12.6. The molecule has 0 bridgehead atoms. The van der Waals surface area contributed by atoms with E-state index >= 15 is 0 Å². The molecule has 2 aromatic carbocycles. The van der Waals surface area contributed by atoms with Crippen LogP contribution in [-0.2, 0) is 13.1 Å². The third kappa shape index (κ3) is 3.55. The number of anilines is 1. The van der Waals surface area contributed by atoms with Gasteiger partial charge in [-0.3, -0.25) is 0 Å². The van der Waals surface area contributed by atoms with Crippen molar-refractivity contribution in [1.82, 2.24) is 14.8 Å². The van der Waals surface area contributed by atoms with Crippen molar-refractivity contribution in [2.75, 3.05) is 5.32 Å². The Bertz CT molecular complexity index is 861. The summed E-state index contributed by atoms with van der Waals surface area (Å²) in [5.41, 5.74) is 1.58. The predicted molar refractivity (Wildman–Crippen MR) is 84.0 cm³/mol. The van der Waals surface area contributed by atoms with E-state index in [4.69, 9.17) is 5.26 Å². The quantitative estimate of drug-likeness (QED) is 0.783. The molecule has 7 heteroatoms. The predicted octanol–water partition coefficient (Wildman–Crippen LogP) is 3.09. The van der Waals surface area contributed by atoms with Crippen molar-refractivity contribution in [3.63, 3.8) is 0 Å². The monoisotopic (exact) mass is 325 g/mol. The molecule has 0 saturated heterocycles. The van der Waals surface area contributed by atoms with Crippen molar-refractivity contribution in [3.8, 4) is 6.07 Å². The van der Waals surface area contributed by atoms with Gasteiger partial charge in [0.25, 0.3) is 0 Å². The minimum absolute atomic E-state index is 0.0506. The summed E-state index contributed by atoms with van der Waals surface area (Å²) in [4.78, 5) is 3.88. The zero-order valence-electron chi connectivity index (χ0n) is 12.6. The third-order valence-corrected chi connectivity index (χ3v) is 3.44. The molecule has 0 spiro atoms. The number of hydrogen-bond acceptors (Lipinski definition) is 4. The van der Waals surface area contributed by atoms with Crippen molar-refractivity contribution in [3.05, 3.63) is 77.4 Å². The molecular formula is C17H13F2N5. The van der Waals surface area contributed by atoms with E-state index in [0.29, 0.717) is 6.54 Å². The van der Waals surface area contributed by atoms with Gasteiger partial charge >= 0.3 is 0 Å². The summed E-state index contributed by atoms with van der Waals surface area (Å²) in [6.45, 7) is 0.818. The highest BCUT2D eigenvalue weighted by Gasteiger charge is 2.11. The maximum atomic E-state index is 13.9. The van der Waals surface area contributed by atoms with Gasteiger partial charge in [-0.05, 0) is 23.3 Å². The first-order valence-electron chi connectivity index (χ1n) is 7.19. The molecule has 0 aliphatic rings. The van der Waals surface area contributed by atoms with E-state index in [2.05, 4.69) is 15.4 Å². The van der Waals surface area contributed by atoms with Gasteiger partial charge in [0, 0.05) is 6.54 Å². The molecule has 120 valence electrons. The molecule has 0 amide bonds. The van der Waals surface area contributed by atoms with Gasteiger partial charge in [0.1, 0.15) is 18.3 Å². The molecule has 0 saturated carbocycles. The minimum atomic E-state index is -0.787. The maximum absolute atomic E-state index is 13.9. The van der Waals surface area contributed by atoms with Crippen molar-refractivity contribution in [2.45, 2.75) is 13.1 Å². The van der Waals surface area contributed by atoms with Crippen LogP contribution in [0.4, 0.5) is 14.5 Å². The van der Waals surface area contributed by atoms with Crippen molar-refractivity contribution in [2.24, 2.45) is 0 Å². The summed E-state index contributed by atoms with van der Waals surface area (Å²) in [6.07, 6.45) is 3.08. The van der Waals surface area contributed by atoms with Gasteiger partial charge in [-0.1, -0.05) is 24.3 Å². The number of nitrogens with zero attached hydrogens (tertiary/aromatic N) is 4. The van der Waals surface area contributed by atoms with Crippen LogP contribution in [0.2, 0.25) is 0 Å². The summed E-state index contributed by atoms with van der Waals surface area (Å²) >= 11 is 0. The van der Waals surface area contributed by atoms with Crippen LogP contribution in [0.1, 0.15) is 16.7 Å². The standard InChI is InChI=1S/C17H13F2N5/c18-15-5-14(7-20)6-16(19)17(15)22-8-12-2-1-3-13(4-12)9-24-11-21-10-23-24/h1-6,10-11,22H,8-9H2. The number of benzene rings is 2. The molecule has 0 aliphatic heterocycles. The van der Waals surface area contributed by atoms with Gasteiger partial charge in [-0.25, -0.2) is 18.4 Å². The molecule has 1 heterocycles. The lowest BCUT2D eigenvalue weighted by atomic mass is 10.1. The molecule has 0 aliphatic carbocycles. The Labute approximate surface area is 137 Å². The minimum Gasteiger partial charge on any atom is -0.376 e. The average Bonchev–Trinajstić information content (AvgIpc) is 3.07. The van der Waals surface area contributed by atoms with Crippen LogP contribution < -0.4 is 5.32 Å². The molecule has 24 heavy (non-hydrogen) atoms. The second-order valence-corrected chi connectivity index (χ2v) is 5.19. The van der Waals surface area contributed by atoms with E-state index in [0.717, 1.165) is 23.3 Å². The van der Waals surface area contributed by atoms with Gasteiger partial charge in [0.05, 0.1) is 18.2 Å². The van der Waals surface area contributed by atoms with Crippen LogP contribution in [0.5, 0.6) is 0 Å². The van der Waals surface area contributed by atoms with Crippen molar-refractivity contribution < 1.29 is 8.78 Å². The summed E-state index contributed by atoms with van der Waals surface area (Å²) in [5.74, 6) is -1.57. The van der Waals surface area contributed by atoms with Crippen LogP contribution in [0.25, 0.3) is 0 Å². The Hall–Kier alpha value is -3.27. The van der Waals surface area contributed by atoms with E-state index in [1.807, 2.05) is 24.3 Å². The van der Waals surface area contributed by atoms with E-state index in [1.165, 1.54) is 6.33 Å². The fourth-order valence-electron chi connectivity index (χ4n) is 2.34. The third-order valence-electron chi connectivity index (χ3n) is 3.44. The number of halogens is 2. The van der Waals surface area contributed by atoms with Crippen molar-refractivity contribution >= 4 is 5.69 Å². The molecule has 5 nitrogen and oxygen atoms in total. The van der Waals surface area contributed by atoms with Crippen LogP contribution >= 0.6 is 0 Å². The SMILES string of the molecule is N#Cc1cc(F)c(NCc2cccc(Cn3cncn3)c2)c(F)c1. The lowest BCUT2D eigenvalue weighted by Crippen LogP contribution is -2.06. The molecule has 1 aromatic heterocycles. The van der Waals surface area contributed by atoms with Crippen LogP contribution in [0.3, 0.4) is 0 Å². The summed E-state index contributed by atoms with van der Waals surface area (Å²) in [6, 6.07) is 11.3. The van der Waals surface area contributed by atoms with Crippen LogP contribution in [-0.4, -0.2) is 14.8 Å². The summed E-state index contributed by atoms with van der Waals surface area (Å²) < 4.78 is 29.4. The second-order valence-electron chi connectivity index (χ2n) is 5.19. The Balaban J connectivity index is 1.72. The van der Waals surface area contributed by atoms with Gasteiger partial charge in [-0.2, -0.15) is 10.4 Å². The van der Waals surface area contributed by atoms with Gasteiger partial charge < -0.3 is 5.32 Å². The van der Waals surface area contributed by atoms with Crippen LogP contribution in [0.15, 0.2) is 49.1 Å². The fraction of sp³-hybridized carbons (Fsp3) is 0.118. The van der Waals surface area contributed by atoms with Gasteiger partial charge in [0.2, 0.25) is 0 Å². The number of rotatable bonds is 5. The topological polar surface area (TPSA) is 66.5 Å². The van der Waals surface area contributed by atoms with E-state index in [-0.39, 0.29) is 17.8 Å². The first-order valence-corrected chi connectivity index (χ1v) is 7.19. The summed E-state index contributed by atoms with van der Waals surface area (Å²) in [5, 5.41) is 15.5. The highest BCUT2D eigenvalue weighted by atomic mass is 19.1. The van der Waals surface area contributed by atoms with E-state index < -0.39 is 11.6 Å². The number of aromatic nitrogens is 3. The Morgan fingerprint density at radius 1 is 1.12 bits per heavy atom.